The van der Waals surface area contributed by atoms with Gasteiger partial charge in [0, 0.05) is 24.8 Å². The summed E-state index contributed by atoms with van der Waals surface area (Å²) in [7, 11) is -1.20. The summed E-state index contributed by atoms with van der Waals surface area (Å²) >= 11 is 0. The first-order valence-electron chi connectivity index (χ1n) is 11.1. The van der Waals surface area contributed by atoms with E-state index in [0.717, 1.165) is 5.56 Å². The summed E-state index contributed by atoms with van der Waals surface area (Å²) in [6, 6.07) is 5.19. The van der Waals surface area contributed by atoms with Gasteiger partial charge in [-0.2, -0.15) is 0 Å². The Hall–Kier alpha value is -3.84. The van der Waals surface area contributed by atoms with Crippen molar-refractivity contribution in [2.75, 3.05) is 18.9 Å². The van der Waals surface area contributed by atoms with E-state index in [1.54, 1.807) is 37.5 Å². The molecule has 3 atom stereocenters. The van der Waals surface area contributed by atoms with Crippen LogP contribution < -0.4 is 14.2 Å². The van der Waals surface area contributed by atoms with Crippen LogP contribution in [0.5, 0.6) is 11.5 Å². The number of methoxy groups -OCH3 is 2. The maximum atomic E-state index is 13.4. The Bertz CT molecular complexity index is 1360. The van der Waals surface area contributed by atoms with Gasteiger partial charge in [-0.1, -0.05) is 12.1 Å². The quantitative estimate of drug-likeness (QED) is 0.439. The minimum atomic E-state index is -4.19. The van der Waals surface area contributed by atoms with Gasteiger partial charge in [0.25, 0.3) is 0 Å². The molecule has 2 aromatic heterocycles. The highest BCUT2D eigenvalue weighted by atomic mass is 32.2. The van der Waals surface area contributed by atoms with Crippen molar-refractivity contribution in [2.24, 2.45) is 4.99 Å². The van der Waals surface area contributed by atoms with Gasteiger partial charge < -0.3 is 14.6 Å². The molecule has 0 aliphatic carbocycles. The molecular weight excluding hydrogens is 486 g/mol. The summed E-state index contributed by atoms with van der Waals surface area (Å²) < 4.78 is 41.8. The molecule has 36 heavy (non-hydrogen) atoms. The summed E-state index contributed by atoms with van der Waals surface area (Å²) in [5.74, 6) is 0.885. The van der Waals surface area contributed by atoms with Gasteiger partial charge in [0.2, 0.25) is 16.0 Å². The second-order valence-electron chi connectivity index (χ2n) is 8.17. The molecule has 0 spiro atoms. The molecule has 0 saturated heterocycles. The van der Waals surface area contributed by atoms with Crippen LogP contribution in [-0.2, 0) is 10.0 Å². The largest absolute Gasteiger partial charge is 0.494 e. The second kappa shape index (κ2) is 10.4. The Kier molecular flexibility index (Phi) is 7.31. The zero-order valence-corrected chi connectivity index (χ0v) is 21.0. The van der Waals surface area contributed by atoms with Crippen molar-refractivity contribution >= 4 is 22.2 Å². The number of sulfonamides is 1. The van der Waals surface area contributed by atoms with Crippen LogP contribution in [0, 0.1) is 6.92 Å². The molecule has 1 aliphatic heterocycles. The molecule has 1 aromatic carbocycles. The van der Waals surface area contributed by atoms with Crippen molar-refractivity contribution < 1.29 is 23.0 Å². The summed E-state index contributed by atoms with van der Waals surface area (Å²) in [6.45, 7) is 3.15. The number of para-hydroxylation sites is 1. The molecule has 1 unspecified atom stereocenters. The summed E-state index contributed by atoms with van der Waals surface area (Å²) in [6.07, 6.45) is 7.40. The number of aromatic nitrogens is 5. The highest BCUT2D eigenvalue weighted by Crippen LogP contribution is 2.37. The minimum Gasteiger partial charge on any atom is -0.494 e. The fourth-order valence-corrected chi connectivity index (χ4v) is 4.72. The van der Waals surface area contributed by atoms with E-state index < -0.39 is 21.4 Å². The number of aryl methyl sites for hydroxylation is 1. The van der Waals surface area contributed by atoms with Crippen molar-refractivity contribution in [1.82, 2.24) is 24.7 Å². The van der Waals surface area contributed by atoms with Crippen LogP contribution in [0.3, 0.4) is 0 Å². The second-order valence-corrected chi connectivity index (χ2v) is 10.2. The topological polar surface area (TPSA) is 154 Å². The number of anilines is 1. The molecule has 0 bridgehead atoms. The molecule has 0 saturated carbocycles. The molecule has 2 N–H and O–H groups in total. The van der Waals surface area contributed by atoms with E-state index >= 15 is 0 Å². The lowest BCUT2D eigenvalue weighted by Gasteiger charge is -2.22. The molecule has 3 aromatic rings. The maximum Gasteiger partial charge on any atom is 0.243 e. The van der Waals surface area contributed by atoms with Crippen molar-refractivity contribution in [2.45, 2.75) is 37.5 Å². The van der Waals surface area contributed by atoms with E-state index in [1.165, 1.54) is 38.1 Å². The van der Waals surface area contributed by atoms with Gasteiger partial charge in [0.05, 0.1) is 20.1 Å². The average Bonchev–Trinajstić information content (AvgIpc) is 3.30. The zero-order valence-electron chi connectivity index (χ0n) is 20.2. The van der Waals surface area contributed by atoms with E-state index in [9.17, 15) is 13.5 Å². The van der Waals surface area contributed by atoms with Gasteiger partial charge in [-0.25, -0.2) is 18.4 Å². The minimum absolute atomic E-state index is 0.00256. The SMILES string of the molecule is COc1cccc(OC)c1-n1c(NS(=O)(=O)[C@@H](C)[C@H](O)c2ncc(C)cn2)nnc1C1C=NC=CC1. The number of benzene rings is 1. The van der Waals surface area contributed by atoms with Crippen molar-refractivity contribution in [3.8, 4) is 17.2 Å². The number of ether oxygens (including phenoxy) is 2. The van der Waals surface area contributed by atoms with Gasteiger partial charge in [-0.15, -0.1) is 10.2 Å². The predicted octanol–water partition coefficient (Wildman–Crippen LogP) is 2.32. The Morgan fingerprint density at radius 1 is 1.14 bits per heavy atom. The first-order chi connectivity index (χ1) is 17.3. The van der Waals surface area contributed by atoms with E-state index in [1.807, 2.05) is 6.08 Å². The normalized spacial score (nSPS) is 17.0. The summed E-state index contributed by atoms with van der Waals surface area (Å²) in [5.41, 5.74) is 1.20. The Morgan fingerprint density at radius 3 is 2.39 bits per heavy atom. The maximum absolute atomic E-state index is 13.4. The number of nitrogens with one attached hydrogen (secondary N) is 1. The van der Waals surface area contributed by atoms with Gasteiger partial charge >= 0.3 is 0 Å². The van der Waals surface area contributed by atoms with Crippen LogP contribution in [0.25, 0.3) is 5.69 Å². The van der Waals surface area contributed by atoms with Gasteiger partial charge in [-0.05, 0) is 38.0 Å². The lowest BCUT2D eigenvalue weighted by Crippen LogP contribution is -2.32. The van der Waals surface area contributed by atoms with E-state index in [-0.39, 0.29) is 17.7 Å². The van der Waals surface area contributed by atoms with Crippen LogP contribution in [0.15, 0.2) is 47.9 Å². The van der Waals surface area contributed by atoms with E-state index in [0.29, 0.717) is 29.4 Å². The Morgan fingerprint density at radius 2 is 1.81 bits per heavy atom. The van der Waals surface area contributed by atoms with Crippen molar-refractivity contribution in [1.29, 1.82) is 0 Å². The number of nitrogens with zero attached hydrogens (tertiary/aromatic N) is 6. The first kappa shape index (κ1) is 25.3. The fraction of sp³-hybridized carbons (Fsp3) is 0.348. The first-order valence-corrected chi connectivity index (χ1v) is 12.6. The number of aliphatic hydroxyl groups is 1. The zero-order chi connectivity index (χ0) is 25.9. The van der Waals surface area contributed by atoms with Crippen LogP contribution in [-0.4, -0.2) is 63.9 Å². The molecule has 0 fully saturated rings. The van der Waals surface area contributed by atoms with Gasteiger partial charge in [0.15, 0.2) is 5.82 Å². The predicted molar refractivity (Wildman–Crippen MR) is 133 cm³/mol. The molecular formula is C23H27N7O5S. The third-order valence-electron chi connectivity index (χ3n) is 5.73. The highest BCUT2D eigenvalue weighted by molar-refractivity contribution is 7.93. The fourth-order valence-electron chi connectivity index (χ4n) is 3.68. The highest BCUT2D eigenvalue weighted by Gasteiger charge is 2.34. The standard InChI is InChI=1S/C23H27N7O5S/c1-14-11-25-21(26-12-14)20(31)15(2)36(32,33)29-23-28-27-22(16-7-6-10-24-13-16)30(23)19-17(34-3)8-5-9-18(19)35-4/h5-6,8-13,15-16,20,31H,7H2,1-4H3,(H,28,29)/t15-,16?,20-/m0/s1. The number of rotatable bonds is 9. The number of hydrogen-bond donors (Lipinski definition) is 2. The van der Waals surface area contributed by atoms with Crippen LogP contribution >= 0.6 is 0 Å². The van der Waals surface area contributed by atoms with Crippen molar-refractivity contribution in [3.05, 3.63) is 60.1 Å². The molecule has 1 aliphatic rings. The van der Waals surface area contributed by atoms with Crippen LogP contribution in [0.1, 0.15) is 42.6 Å². The van der Waals surface area contributed by atoms with Crippen LogP contribution in [0.4, 0.5) is 5.95 Å². The lowest BCUT2D eigenvalue weighted by molar-refractivity contribution is 0.166. The molecule has 3 heterocycles. The third kappa shape index (κ3) is 4.93. The Labute approximate surface area is 208 Å². The molecule has 12 nitrogen and oxygen atoms in total. The summed E-state index contributed by atoms with van der Waals surface area (Å²) in [5, 5.41) is 17.8. The van der Waals surface area contributed by atoms with Gasteiger partial charge in [-0.3, -0.25) is 14.3 Å². The van der Waals surface area contributed by atoms with E-state index in [2.05, 4.69) is 29.9 Å². The Balaban J connectivity index is 1.78. The number of allylic oxidation sites excluding steroid dienone is 1. The lowest BCUT2D eigenvalue weighted by atomic mass is 10.0. The van der Waals surface area contributed by atoms with E-state index in [4.69, 9.17) is 9.47 Å². The number of aliphatic imine (C=N–C) groups is 1. The molecule has 4 rings (SSSR count). The number of hydrogen-bond acceptors (Lipinski definition) is 10. The molecule has 0 radical (unpaired) electrons. The summed E-state index contributed by atoms with van der Waals surface area (Å²) in [4.78, 5) is 12.3. The van der Waals surface area contributed by atoms with Crippen LogP contribution in [0.2, 0.25) is 0 Å². The molecule has 13 heteroatoms. The average molecular weight is 514 g/mol. The van der Waals surface area contributed by atoms with Gasteiger partial charge in [0.1, 0.15) is 34.4 Å². The van der Waals surface area contributed by atoms with Crippen molar-refractivity contribution in [3.63, 3.8) is 0 Å². The smallest absolute Gasteiger partial charge is 0.243 e. The third-order valence-corrected chi connectivity index (χ3v) is 7.43. The molecule has 190 valence electrons. The molecule has 0 amide bonds. The monoisotopic (exact) mass is 513 g/mol. The number of aliphatic hydroxyl groups excluding tert-OH is 1.